The fourth-order valence-electron chi connectivity index (χ4n) is 3.49. The van der Waals surface area contributed by atoms with Gasteiger partial charge in [-0.15, -0.1) is 0 Å². The molecule has 1 aliphatic carbocycles. The van der Waals surface area contributed by atoms with E-state index in [0.29, 0.717) is 18.5 Å². The average molecular weight is 248 g/mol. The summed E-state index contributed by atoms with van der Waals surface area (Å²) < 4.78 is 0. The molecular weight excluding hydrogens is 224 g/mol. The molecule has 0 bridgehead atoms. The van der Waals surface area contributed by atoms with E-state index in [1.165, 1.54) is 6.42 Å². The number of piperidine rings is 1. The Morgan fingerprint density at radius 3 is 2.50 bits per heavy atom. The highest BCUT2D eigenvalue weighted by Crippen LogP contribution is 2.34. The summed E-state index contributed by atoms with van der Waals surface area (Å²) in [5.41, 5.74) is -0.952. The van der Waals surface area contributed by atoms with Crippen LogP contribution in [0.15, 0.2) is 12.2 Å². The van der Waals surface area contributed by atoms with Gasteiger partial charge in [0.2, 0.25) is 0 Å². The number of nitrogens with zero attached hydrogens (tertiary/aromatic N) is 2. The van der Waals surface area contributed by atoms with E-state index in [1.807, 2.05) is 12.2 Å². The molecule has 0 spiro atoms. The molecule has 100 valence electrons. The van der Waals surface area contributed by atoms with Crippen LogP contribution in [0.4, 0.5) is 0 Å². The second-order valence-electron chi connectivity index (χ2n) is 5.89. The van der Waals surface area contributed by atoms with Gasteiger partial charge in [-0.2, -0.15) is 5.26 Å². The van der Waals surface area contributed by atoms with Crippen LogP contribution in [-0.4, -0.2) is 33.7 Å². The molecule has 2 aliphatic rings. The molecule has 0 amide bonds. The van der Waals surface area contributed by atoms with Gasteiger partial charge in [-0.1, -0.05) is 18.6 Å². The van der Waals surface area contributed by atoms with Crippen LogP contribution in [0.2, 0.25) is 0 Å². The molecule has 1 saturated heterocycles. The van der Waals surface area contributed by atoms with Gasteiger partial charge < -0.3 is 5.11 Å². The third-order valence-corrected chi connectivity index (χ3v) is 4.51. The molecule has 18 heavy (non-hydrogen) atoms. The Balaban J connectivity index is 2.24. The zero-order valence-electron chi connectivity index (χ0n) is 11.5. The number of hydrogen-bond donors (Lipinski definition) is 1. The van der Waals surface area contributed by atoms with Gasteiger partial charge in [0.1, 0.15) is 11.6 Å². The van der Waals surface area contributed by atoms with Crippen molar-refractivity contribution in [2.75, 3.05) is 0 Å². The third-order valence-electron chi connectivity index (χ3n) is 4.51. The summed E-state index contributed by atoms with van der Waals surface area (Å²) in [4.78, 5) is 2.24. The molecule has 1 N–H and O–H groups in total. The van der Waals surface area contributed by atoms with Crippen LogP contribution in [0.1, 0.15) is 52.4 Å². The first-order chi connectivity index (χ1) is 8.58. The van der Waals surface area contributed by atoms with E-state index in [1.54, 1.807) is 0 Å². The summed E-state index contributed by atoms with van der Waals surface area (Å²) in [7, 11) is 0. The van der Waals surface area contributed by atoms with Crippen molar-refractivity contribution >= 4 is 0 Å². The highest BCUT2D eigenvalue weighted by molar-refractivity contribution is 5.18. The first-order valence-corrected chi connectivity index (χ1v) is 7.15. The largest absolute Gasteiger partial charge is 0.383 e. The lowest BCUT2D eigenvalue weighted by Crippen LogP contribution is -2.58. The number of allylic oxidation sites excluding steroid dienone is 1. The van der Waals surface area contributed by atoms with E-state index in [4.69, 9.17) is 0 Å². The van der Waals surface area contributed by atoms with Gasteiger partial charge in [0.05, 0.1) is 6.07 Å². The van der Waals surface area contributed by atoms with Gasteiger partial charge in [0.25, 0.3) is 0 Å². The lowest BCUT2D eigenvalue weighted by Gasteiger charge is -2.47. The zero-order valence-corrected chi connectivity index (χ0v) is 11.5. The Bertz CT molecular complexity index is 350. The smallest absolute Gasteiger partial charge is 0.131 e. The highest BCUT2D eigenvalue weighted by Gasteiger charge is 2.43. The minimum absolute atomic E-state index is 0.387. The highest BCUT2D eigenvalue weighted by atomic mass is 16.3. The summed E-state index contributed by atoms with van der Waals surface area (Å²) in [5, 5.41) is 20.3. The molecule has 4 unspecified atom stereocenters. The predicted octanol–water partition coefficient (Wildman–Crippen LogP) is 2.61. The van der Waals surface area contributed by atoms with Crippen molar-refractivity contribution in [1.82, 2.24) is 4.90 Å². The van der Waals surface area contributed by atoms with Crippen LogP contribution in [-0.2, 0) is 0 Å². The lowest BCUT2D eigenvalue weighted by molar-refractivity contribution is -0.0395. The monoisotopic (exact) mass is 248 g/mol. The SMILES string of the molecule is CC1CCCC(C)N1C(C#N)C1(O)C=CCCC1. The summed E-state index contributed by atoms with van der Waals surface area (Å²) >= 11 is 0. The zero-order chi connectivity index (χ0) is 13.2. The quantitative estimate of drug-likeness (QED) is 0.764. The van der Waals surface area contributed by atoms with Crippen LogP contribution >= 0.6 is 0 Å². The standard InChI is InChI=1S/C15H24N2O/c1-12-7-6-8-13(2)17(12)14(11-16)15(18)9-4-3-5-10-15/h4,9,12-14,18H,3,5-8,10H2,1-2H3. The maximum absolute atomic E-state index is 10.8. The van der Waals surface area contributed by atoms with Crippen molar-refractivity contribution in [1.29, 1.82) is 5.26 Å². The van der Waals surface area contributed by atoms with Crippen molar-refractivity contribution in [3.8, 4) is 6.07 Å². The molecule has 4 atom stereocenters. The normalized spacial score (nSPS) is 39.2. The van der Waals surface area contributed by atoms with Gasteiger partial charge in [0.15, 0.2) is 0 Å². The van der Waals surface area contributed by atoms with Crippen LogP contribution in [0.3, 0.4) is 0 Å². The van der Waals surface area contributed by atoms with Crippen LogP contribution < -0.4 is 0 Å². The first-order valence-electron chi connectivity index (χ1n) is 7.15. The Morgan fingerprint density at radius 1 is 1.33 bits per heavy atom. The number of hydrogen-bond acceptors (Lipinski definition) is 3. The summed E-state index contributed by atoms with van der Waals surface area (Å²) in [5.74, 6) is 0. The van der Waals surface area contributed by atoms with E-state index in [2.05, 4.69) is 24.8 Å². The number of rotatable bonds is 2. The summed E-state index contributed by atoms with van der Waals surface area (Å²) in [6, 6.07) is 2.74. The van der Waals surface area contributed by atoms with Gasteiger partial charge in [-0.25, -0.2) is 0 Å². The van der Waals surface area contributed by atoms with Gasteiger partial charge in [-0.05, 0) is 46.0 Å². The van der Waals surface area contributed by atoms with E-state index in [9.17, 15) is 10.4 Å². The summed E-state index contributed by atoms with van der Waals surface area (Å²) in [6.45, 7) is 4.35. The number of likely N-dealkylation sites (tertiary alicyclic amines) is 1. The molecule has 0 aromatic carbocycles. The minimum Gasteiger partial charge on any atom is -0.383 e. The van der Waals surface area contributed by atoms with Crippen molar-refractivity contribution in [2.45, 2.75) is 76.1 Å². The molecule has 1 aliphatic heterocycles. The van der Waals surface area contributed by atoms with E-state index in [-0.39, 0.29) is 0 Å². The van der Waals surface area contributed by atoms with Crippen molar-refractivity contribution in [2.24, 2.45) is 0 Å². The molecular formula is C15H24N2O. The molecule has 1 heterocycles. The molecule has 3 nitrogen and oxygen atoms in total. The lowest BCUT2D eigenvalue weighted by atomic mass is 9.81. The van der Waals surface area contributed by atoms with Crippen LogP contribution in [0, 0.1) is 11.3 Å². The topological polar surface area (TPSA) is 47.3 Å². The molecule has 1 fully saturated rings. The fraction of sp³-hybridized carbons (Fsp3) is 0.800. The van der Waals surface area contributed by atoms with Crippen LogP contribution in [0.25, 0.3) is 0 Å². The Morgan fingerprint density at radius 2 is 2.00 bits per heavy atom. The second-order valence-corrected chi connectivity index (χ2v) is 5.89. The van der Waals surface area contributed by atoms with Crippen LogP contribution in [0.5, 0.6) is 0 Å². The fourth-order valence-corrected chi connectivity index (χ4v) is 3.49. The van der Waals surface area contributed by atoms with Crippen molar-refractivity contribution < 1.29 is 5.11 Å². The Labute approximate surface area is 110 Å². The average Bonchev–Trinajstić information content (AvgIpc) is 2.34. The predicted molar refractivity (Wildman–Crippen MR) is 72.0 cm³/mol. The molecule has 0 aromatic heterocycles. The van der Waals surface area contributed by atoms with E-state index in [0.717, 1.165) is 25.7 Å². The Kier molecular flexibility index (Phi) is 4.09. The number of nitriles is 1. The van der Waals surface area contributed by atoms with E-state index < -0.39 is 11.6 Å². The molecule has 0 saturated carbocycles. The first kappa shape index (κ1) is 13.6. The van der Waals surface area contributed by atoms with Crippen molar-refractivity contribution in [3.63, 3.8) is 0 Å². The number of aliphatic hydroxyl groups is 1. The molecule has 2 rings (SSSR count). The van der Waals surface area contributed by atoms with Gasteiger partial charge in [-0.3, -0.25) is 4.90 Å². The van der Waals surface area contributed by atoms with Gasteiger partial charge >= 0.3 is 0 Å². The minimum atomic E-state index is -0.952. The third kappa shape index (κ3) is 2.46. The molecule has 3 heteroatoms. The maximum atomic E-state index is 10.8. The molecule has 0 radical (unpaired) electrons. The second kappa shape index (κ2) is 5.42. The summed E-state index contributed by atoms with van der Waals surface area (Å²) in [6.07, 6.45) is 10.1. The Hall–Kier alpha value is -0.850. The van der Waals surface area contributed by atoms with Crippen molar-refractivity contribution in [3.05, 3.63) is 12.2 Å². The van der Waals surface area contributed by atoms with E-state index >= 15 is 0 Å². The maximum Gasteiger partial charge on any atom is 0.131 e. The molecule has 0 aromatic rings. The van der Waals surface area contributed by atoms with Gasteiger partial charge in [0, 0.05) is 12.1 Å².